The van der Waals surface area contributed by atoms with E-state index in [0.717, 1.165) is 4.90 Å². The van der Waals surface area contributed by atoms with Crippen LogP contribution in [0.4, 0.5) is 15.8 Å². The fourth-order valence-electron chi connectivity index (χ4n) is 1.64. The molecule has 0 radical (unpaired) electrons. The Kier molecular flexibility index (Phi) is 4.67. The maximum absolute atomic E-state index is 13.3. The van der Waals surface area contributed by atoms with Crippen molar-refractivity contribution in [3.8, 4) is 0 Å². The van der Waals surface area contributed by atoms with Crippen molar-refractivity contribution >= 4 is 45.0 Å². The highest BCUT2D eigenvalue weighted by Crippen LogP contribution is 2.25. The lowest BCUT2D eigenvalue weighted by Gasteiger charge is -2.09. The van der Waals surface area contributed by atoms with E-state index in [9.17, 15) is 9.18 Å². The van der Waals surface area contributed by atoms with Gasteiger partial charge in [0.15, 0.2) is 0 Å². The number of benzene rings is 2. The number of rotatable bonds is 3. The van der Waals surface area contributed by atoms with Crippen LogP contribution < -0.4 is 11.1 Å². The second kappa shape index (κ2) is 6.28. The van der Waals surface area contributed by atoms with Gasteiger partial charge in [0.1, 0.15) is 5.82 Å². The molecule has 3 N–H and O–H groups in total. The minimum absolute atomic E-state index is 0.0591. The summed E-state index contributed by atoms with van der Waals surface area (Å²) in [5.74, 6) is -0.903. The fourth-order valence-corrected chi connectivity index (χ4v) is 2.59. The molecule has 0 aliphatic rings. The number of hydrogen-bond donors (Lipinski definition) is 2. The first-order valence-electron chi connectivity index (χ1n) is 5.71. The van der Waals surface area contributed by atoms with Crippen molar-refractivity contribution < 1.29 is 9.18 Å². The van der Waals surface area contributed by atoms with Crippen molar-refractivity contribution in [3.63, 3.8) is 0 Å². The molecule has 0 unspecified atom stereocenters. The number of thioether (sulfide) groups is 1. The molecule has 0 aliphatic heterocycles. The number of halogens is 2. The molecule has 0 spiro atoms. The normalized spacial score (nSPS) is 10.3. The summed E-state index contributed by atoms with van der Waals surface area (Å²) in [5, 5.41) is 2.76. The standard InChI is InChI=1S/C14H12BrFN2OS/c1-20-9-4-2-3-8(5-9)18-14(19)10-6-13(17)12(16)7-11(10)15/h2-7H,17H2,1H3,(H,18,19). The summed E-state index contributed by atoms with van der Waals surface area (Å²) in [5.41, 5.74) is 6.40. The molecule has 0 atom stereocenters. The van der Waals surface area contributed by atoms with Gasteiger partial charge in [-0.3, -0.25) is 4.79 Å². The van der Waals surface area contributed by atoms with E-state index in [1.807, 2.05) is 24.5 Å². The summed E-state index contributed by atoms with van der Waals surface area (Å²) in [4.78, 5) is 13.2. The first-order chi connectivity index (χ1) is 9.51. The van der Waals surface area contributed by atoms with Crippen LogP contribution in [0.25, 0.3) is 0 Å². The Hall–Kier alpha value is -1.53. The third-order valence-corrected chi connectivity index (χ3v) is 4.04. The van der Waals surface area contributed by atoms with E-state index >= 15 is 0 Å². The maximum Gasteiger partial charge on any atom is 0.256 e. The van der Waals surface area contributed by atoms with Crippen LogP contribution in [0.15, 0.2) is 45.8 Å². The third-order valence-electron chi connectivity index (χ3n) is 2.66. The van der Waals surface area contributed by atoms with Crippen LogP contribution in [0.1, 0.15) is 10.4 Å². The van der Waals surface area contributed by atoms with E-state index in [1.165, 1.54) is 12.1 Å². The average molecular weight is 355 g/mol. The van der Waals surface area contributed by atoms with Crippen LogP contribution in [-0.2, 0) is 0 Å². The van der Waals surface area contributed by atoms with E-state index in [1.54, 1.807) is 17.8 Å². The van der Waals surface area contributed by atoms with Gasteiger partial charge >= 0.3 is 0 Å². The largest absolute Gasteiger partial charge is 0.396 e. The van der Waals surface area contributed by atoms with E-state index in [0.29, 0.717) is 15.7 Å². The van der Waals surface area contributed by atoms with Crippen molar-refractivity contribution in [2.45, 2.75) is 4.90 Å². The van der Waals surface area contributed by atoms with Crippen LogP contribution in [-0.4, -0.2) is 12.2 Å². The average Bonchev–Trinajstić information content (AvgIpc) is 2.43. The van der Waals surface area contributed by atoms with Crippen LogP contribution >= 0.6 is 27.7 Å². The number of carbonyl (C=O) groups excluding carboxylic acids is 1. The highest BCUT2D eigenvalue weighted by molar-refractivity contribution is 9.10. The van der Waals surface area contributed by atoms with Crippen molar-refractivity contribution in [2.75, 3.05) is 17.3 Å². The summed E-state index contributed by atoms with van der Waals surface area (Å²) in [7, 11) is 0. The van der Waals surface area contributed by atoms with Gasteiger partial charge in [-0.25, -0.2) is 4.39 Å². The molecule has 20 heavy (non-hydrogen) atoms. The van der Waals surface area contributed by atoms with Gasteiger partial charge in [-0.2, -0.15) is 0 Å². The van der Waals surface area contributed by atoms with Gasteiger partial charge in [0, 0.05) is 15.1 Å². The van der Waals surface area contributed by atoms with Gasteiger partial charge in [0.05, 0.1) is 11.3 Å². The lowest BCUT2D eigenvalue weighted by molar-refractivity contribution is 0.102. The third kappa shape index (κ3) is 3.32. The van der Waals surface area contributed by atoms with E-state index in [2.05, 4.69) is 21.2 Å². The van der Waals surface area contributed by atoms with Gasteiger partial charge in [-0.15, -0.1) is 11.8 Å². The highest BCUT2D eigenvalue weighted by Gasteiger charge is 2.13. The van der Waals surface area contributed by atoms with Crippen molar-refractivity contribution in [2.24, 2.45) is 0 Å². The smallest absolute Gasteiger partial charge is 0.256 e. The summed E-state index contributed by atoms with van der Waals surface area (Å²) in [6.07, 6.45) is 1.96. The quantitative estimate of drug-likeness (QED) is 0.643. The number of nitrogens with two attached hydrogens (primary N) is 1. The zero-order chi connectivity index (χ0) is 14.7. The molecule has 1 amide bonds. The minimum atomic E-state index is -0.558. The minimum Gasteiger partial charge on any atom is -0.396 e. The predicted molar refractivity (Wildman–Crippen MR) is 84.7 cm³/mol. The lowest BCUT2D eigenvalue weighted by atomic mass is 10.1. The summed E-state index contributed by atoms with van der Waals surface area (Å²) < 4.78 is 13.6. The van der Waals surface area contributed by atoms with E-state index in [-0.39, 0.29) is 11.6 Å². The maximum atomic E-state index is 13.3. The molecule has 3 nitrogen and oxygen atoms in total. The predicted octanol–water partition coefficient (Wildman–Crippen LogP) is 4.14. The molecule has 6 heteroatoms. The number of amides is 1. The highest BCUT2D eigenvalue weighted by atomic mass is 79.9. The molecular weight excluding hydrogens is 343 g/mol. The number of hydrogen-bond acceptors (Lipinski definition) is 3. The Bertz CT molecular complexity index is 664. The van der Waals surface area contributed by atoms with Crippen LogP contribution in [0.2, 0.25) is 0 Å². The molecule has 2 aromatic carbocycles. The first-order valence-corrected chi connectivity index (χ1v) is 7.73. The van der Waals surface area contributed by atoms with Gasteiger partial charge < -0.3 is 11.1 Å². The number of anilines is 2. The van der Waals surface area contributed by atoms with E-state index in [4.69, 9.17) is 5.73 Å². The molecule has 104 valence electrons. The molecule has 2 aromatic rings. The Labute approximate surface area is 128 Å². The Morgan fingerprint density at radius 1 is 1.35 bits per heavy atom. The zero-order valence-corrected chi connectivity index (χ0v) is 13.0. The van der Waals surface area contributed by atoms with Crippen LogP contribution in [0, 0.1) is 5.82 Å². The monoisotopic (exact) mass is 354 g/mol. The zero-order valence-electron chi connectivity index (χ0n) is 10.6. The molecule has 2 rings (SSSR count). The molecule has 0 bridgehead atoms. The number of nitrogens with one attached hydrogen (secondary N) is 1. The second-order valence-electron chi connectivity index (χ2n) is 4.04. The van der Waals surface area contributed by atoms with Crippen LogP contribution in [0.5, 0.6) is 0 Å². The Morgan fingerprint density at radius 3 is 2.80 bits per heavy atom. The van der Waals surface area contributed by atoms with Gasteiger partial charge in [-0.05, 0) is 52.5 Å². The number of nitrogen functional groups attached to an aromatic ring is 1. The molecule has 0 saturated heterocycles. The summed E-state index contributed by atoms with van der Waals surface area (Å²) in [6, 6.07) is 9.96. The van der Waals surface area contributed by atoms with Crippen LogP contribution in [0.3, 0.4) is 0 Å². The first kappa shape index (κ1) is 14.9. The Morgan fingerprint density at radius 2 is 2.10 bits per heavy atom. The van der Waals surface area contributed by atoms with Gasteiger partial charge in [0.2, 0.25) is 0 Å². The molecule has 0 heterocycles. The second-order valence-corrected chi connectivity index (χ2v) is 5.77. The van der Waals surface area contributed by atoms with E-state index < -0.39 is 5.82 Å². The van der Waals surface area contributed by atoms with Crippen molar-refractivity contribution in [3.05, 3.63) is 52.3 Å². The fraction of sp³-hybridized carbons (Fsp3) is 0.0714. The Balaban J connectivity index is 2.26. The van der Waals surface area contributed by atoms with Crippen molar-refractivity contribution in [1.82, 2.24) is 0 Å². The summed E-state index contributed by atoms with van der Waals surface area (Å²) >= 11 is 4.75. The molecule has 0 saturated carbocycles. The van der Waals surface area contributed by atoms with Gasteiger partial charge in [0.25, 0.3) is 5.91 Å². The molecule has 0 aromatic heterocycles. The SMILES string of the molecule is CSc1cccc(NC(=O)c2cc(N)c(F)cc2Br)c1. The molecule has 0 fully saturated rings. The number of carbonyl (C=O) groups is 1. The van der Waals surface area contributed by atoms with Crippen molar-refractivity contribution in [1.29, 1.82) is 0 Å². The lowest BCUT2D eigenvalue weighted by Crippen LogP contribution is -2.13. The molecule has 0 aliphatic carbocycles. The topological polar surface area (TPSA) is 55.1 Å². The molecular formula is C14H12BrFN2OS. The summed E-state index contributed by atoms with van der Waals surface area (Å²) in [6.45, 7) is 0. The van der Waals surface area contributed by atoms with Gasteiger partial charge in [-0.1, -0.05) is 6.07 Å².